The third-order valence-electron chi connectivity index (χ3n) is 1.74. The van der Waals surface area contributed by atoms with Crippen LogP contribution in [-0.4, -0.2) is 22.9 Å². The molecular formula is C10H12N2OS2. The van der Waals surface area contributed by atoms with Crippen molar-refractivity contribution in [2.45, 2.75) is 0 Å². The van der Waals surface area contributed by atoms with Gasteiger partial charge in [0.05, 0.1) is 11.4 Å². The highest BCUT2D eigenvalue weighted by atomic mass is 32.2. The van der Waals surface area contributed by atoms with Gasteiger partial charge in [-0.1, -0.05) is 24.4 Å². The Hall–Kier alpha value is -1.07. The smallest absolute Gasteiger partial charge is 0.234 e. The zero-order valence-corrected chi connectivity index (χ0v) is 9.95. The van der Waals surface area contributed by atoms with Crippen molar-refractivity contribution in [3.63, 3.8) is 0 Å². The SMILES string of the molecule is CSCC(=O)Nc1ccccc1C(N)=S. The van der Waals surface area contributed by atoms with Gasteiger partial charge in [-0.25, -0.2) is 0 Å². The predicted molar refractivity (Wildman–Crippen MR) is 69.3 cm³/mol. The summed E-state index contributed by atoms with van der Waals surface area (Å²) >= 11 is 6.36. The maximum Gasteiger partial charge on any atom is 0.234 e. The van der Waals surface area contributed by atoms with E-state index in [1.54, 1.807) is 12.1 Å². The summed E-state index contributed by atoms with van der Waals surface area (Å²) in [6.45, 7) is 0. The Kier molecular flexibility index (Phi) is 4.58. The molecule has 3 N–H and O–H groups in total. The number of rotatable bonds is 4. The lowest BCUT2D eigenvalue weighted by atomic mass is 10.2. The highest BCUT2D eigenvalue weighted by Gasteiger charge is 2.07. The summed E-state index contributed by atoms with van der Waals surface area (Å²) in [6, 6.07) is 7.24. The lowest BCUT2D eigenvalue weighted by molar-refractivity contribution is -0.113. The van der Waals surface area contributed by atoms with E-state index < -0.39 is 0 Å². The summed E-state index contributed by atoms with van der Waals surface area (Å²) in [4.78, 5) is 11.7. The number of para-hydroxylation sites is 1. The molecule has 0 aromatic heterocycles. The third-order valence-corrected chi connectivity index (χ3v) is 2.51. The van der Waals surface area contributed by atoms with Crippen molar-refractivity contribution in [2.75, 3.05) is 17.3 Å². The lowest BCUT2D eigenvalue weighted by Gasteiger charge is -2.08. The summed E-state index contributed by atoms with van der Waals surface area (Å²) in [6.07, 6.45) is 1.87. The molecule has 0 aliphatic heterocycles. The molecule has 5 heteroatoms. The van der Waals surface area contributed by atoms with Crippen molar-refractivity contribution in [1.29, 1.82) is 0 Å². The summed E-state index contributed by atoms with van der Waals surface area (Å²) in [5.41, 5.74) is 6.91. The normalized spacial score (nSPS) is 9.67. The molecule has 1 aromatic carbocycles. The van der Waals surface area contributed by atoms with E-state index >= 15 is 0 Å². The summed E-state index contributed by atoms with van der Waals surface area (Å²) in [5.74, 6) is 0.372. The first-order valence-electron chi connectivity index (χ1n) is 4.32. The number of hydrogen-bond acceptors (Lipinski definition) is 3. The van der Waals surface area contributed by atoms with Gasteiger partial charge in [-0.2, -0.15) is 11.8 Å². The van der Waals surface area contributed by atoms with Gasteiger partial charge in [0.2, 0.25) is 5.91 Å². The Balaban J connectivity index is 2.84. The highest BCUT2D eigenvalue weighted by molar-refractivity contribution is 7.99. The van der Waals surface area contributed by atoms with E-state index in [0.717, 1.165) is 0 Å². The number of thiocarbonyl (C=S) groups is 1. The van der Waals surface area contributed by atoms with Crippen molar-refractivity contribution in [3.8, 4) is 0 Å². The first kappa shape index (κ1) is 12.0. The van der Waals surface area contributed by atoms with E-state index in [2.05, 4.69) is 5.32 Å². The molecule has 0 aliphatic carbocycles. The molecule has 0 spiro atoms. The summed E-state index contributed by atoms with van der Waals surface area (Å²) in [5, 5.41) is 2.77. The van der Waals surface area contributed by atoms with Crippen LogP contribution in [0.1, 0.15) is 5.56 Å². The molecule has 1 amide bonds. The van der Waals surface area contributed by atoms with Crippen LogP contribution in [0.2, 0.25) is 0 Å². The number of nitrogens with two attached hydrogens (primary N) is 1. The molecule has 0 atom stereocenters. The van der Waals surface area contributed by atoms with Gasteiger partial charge in [-0.3, -0.25) is 4.79 Å². The number of nitrogens with one attached hydrogen (secondary N) is 1. The largest absolute Gasteiger partial charge is 0.389 e. The Bertz CT molecular complexity index is 379. The third kappa shape index (κ3) is 3.53. The fraction of sp³-hybridized carbons (Fsp3) is 0.200. The second kappa shape index (κ2) is 5.72. The molecule has 0 unspecified atom stereocenters. The van der Waals surface area contributed by atoms with Gasteiger partial charge in [0.25, 0.3) is 0 Å². The second-order valence-electron chi connectivity index (χ2n) is 2.89. The number of anilines is 1. The van der Waals surface area contributed by atoms with E-state index in [4.69, 9.17) is 18.0 Å². The van der Waals surface area contributed by atoms with Crippen LogP contribution in [0.3, 0.4) is 0 Å². The fourth-order valence-corrected chi connectivity index (χ4v) is 1.64. The van der Waals surface area contributed by atoms with Crippen LogP contribution >= 0.6 is 24.0 Å². The van der Waals surface area contributed by atoms with E-state index in [1.165, 1.54) is 11.8 Å². The number of carbonyl (C=O) groups is 1. The minimum Gasteiger partial charge on any atom is -0.389 e. The van der Waals surface area contributed by atoms with Gasteiger partial charge in [-0.05, 0) is 18.4 Å². The monoisotopic (exact) mass is 240 g/mol. The average molecular weight is 240 g/mol. The molecule has 80 valence electrons. The minimum absolute atomic E-state index is 0.0498. The molecule has 1 rings (SSSR count). The highest BCUT2D eigenvalue weighted by Crippen LogP contribution is 2.14. The molecule has 1 aromatic rings. The van der Waals surface area contributed by atoms with Crippen molar-refractivity contribution < 1.29 is 4.79 Å². The van der Waals surface area contributed by atoms with Crippen molar-refractivity contribution in [2.24, 2.45) is 5.73 Å². The molecule has 15 heavy (non-hydrogen) atoms. The standard InChI is InChI=1S/C10H12N2OS2/c1-15-6-9(13)12-8-5-3-2-4-7(8)10(11)14/h2-5H,6H2,1H3,(H2,11,14)(H,12,13). The van der Waals surface area contributed by atoms with Gasteiger partial charge in [0.15, 0.2) is 0 Å². The van der Waals surface area contributed by atoms with E-state index in [9.17, 15) is 4.79 Å². The van der Waals surface area contributed by atoms with Crippen LogP contribution in [0.5, 0.6) is 0 Å². The first-order chi connectivity index (χ1) is 7.15. The molecule has 3 nitrogen and oxygen atoms in total. The summed E-state index contributed by atoms with van der Waals surface area (Å²) < 4.78 is 0. The number of carbonyl (C=O) groups excluding carboxylic acids is 1. The van der Waals surface area contributed by atoms with Gasteiger partial charge in [0, 0.05) is 5.56 Å². The minimum atomic E-state index is -0.0498. The zero-order valence-electron chi connectivity index (χ0n) is 8.32. The topological polar surface area (TPSA) is 55.1 Å². The molecule has 0 heterocycles. The number of benzene rings is 1. The lowest BCUT2D eigenvalue weighted by Crippen LogP contribution is -2.18. The number of thioether (sulfide) groups is 1. The van der Waals surface area contributed by atoms with Crippen molar-refractivity contribution in [3.05, 3.63) is 29.8 Å². The second-order valence-corrected chi connectivity index (χ2v) is 4.20. The molecule has 0 fully saturated rings. The van der Waals surface area contributed by atoms with Gasteiger partial charge in [0.1, 0.15) is 4.99 Å². The maximum absolute atomic E-state index is 11.4. The summed E-state index contributed by atoms with van der Waals surface area (Å²) in [7, 11) is 0. The molecule has 0 saturated heterocycles. The van der Waals surface area contributed by atoms with E-state index in [-0.39, 0.29) is 10.9 Å². The molecular weight excluding hydrogens is 228 g/mol. The maximum atomic E-state index is 11.4. The van der Waals surface area contributed by atoms with Crippen LogP contribution in [0.4, 0.5) is 5.69 Å². The molecule has 0 aliphatic rings. The zero-order chi connectivity index (χ0) is 11.3. The van der Waals surface area contributed by atoms with E-state index in [1.807, 2.05) is 18.4 Å². The Morgan fingerprint density at radius 1 is 1.53 bits per heavy atom. The van der Waals surface area contributed by atoms with Crippen LogP contribution in [0.25, 0.3) is 0 Å². The number of amides is 1. The molecule has 0 saturated carbocycles. The van der Waals surface area contributed by atoms with Crippen LogP contribution < -0.4 is 11.1 Å². The predicted octanol–water partition coefficient (Wildman–Crippen LogP) is 1.62. The van der Waals surface area contributed by atoms with Crippen molar-refractivity contribution in [1.82, 2.24) is 0 Å². The van der Waals surface area contributed by atoms with Gasteiger partial charge >= 0.3 is 0 Å². The Labute approximate surface area is 98.4 Å². The van der Waals surface area contributed by atoms with Crippen molar-refractivity contribution >= 4 is 40.6 Å². The fourth-order valence-electron chi connectivity index (χ4n) is 1.12. The van der Waals surface area contributed by atoms with Crippen LogP contribution in [0, 0.1) is 0 Å². The van der Waals surface area contributed by atoms with E-state index in [0.29, 0.717) is 17.0 Å². The van der Waals surface area contributed by atoms with Gasteiger partial charge in [-0.15, -0.1) is 0 Å². The number of hydrogen-bond donors (Lipinski definition) is 2. The van der Waals surface area contributed by atoms with Gasteiger partial charge < -0.3 is 11.1 Å². The Morgan fingerprint density at radius 2 is 2.20 bits per heavy atom. The molecule has 0 bridgehead atoms. The van der Waals surface area contributed by atoms with Crippen LogP contribution in [-0.2, 0) is 4.79 Å². The molecule has 0 radical (unpaired) electrons. The average Bonchev–Trinajstić information content (AvgIpc) is 2.18. The van der Waals surface area contributed by atoms with Crippen LogP contribution in [0.15, 0.2) is 24.3 Å². The Morgan fingerprint density at radius 3 is 2.80 bits per heavy atom. The quantitative estimate of drug-likeness (QED) is 0.785. The first-order valence-corrected chi connectivity index (χ1v) is 6.13.